The number of rotatable bonds is 6. The van der Waals surface area contributed by atoms with Crippen molar-refractivity contribution >= 4 is 39.6 Å². The molecular weight excluding hydrogens is 460 g/mol. The maximum absolute atomic E-state index is 13.1. The Hall–Kier alpha value is -4.12. The first-order chi connectivity index (χ1) is 16.2. The van der Waals surface area contributed by atoms with Gasteiger partial charge in [-0.1, -0.05) is 23.5 Å². The molecule has 0 unspecified atom stereocenters. The van der Waals surface area contributed by atoms with E-state index < -0.39 is 28.4 Å². The van der Waals surface area contributed by atoms with Crippen LogP contribution in [0.1, 0.15) is 36.0 Å². The Morgan fingerprint density at radius 3 is 2.47 bits per heavy atom. The summed E-state index contributed by atoms with van der Waals surface area (Å²) in [5.74, 6) is -1.67. The van der Waals surface area contributed by atoms with Crippen LogP contribution in [0, 0.1) is 17.0 Å². The van der Waals surface area contributed by atoms with Gasteiger partial charge in [0.15, 0.2) is 0 Å². The maximum Gasteiger partial charge on any atom is 0.301 e. The van der Waals surface area contributed by atoms with Crippen LogP contribution in [0.15, 0.2) is 54.1 Å². The number of amides is 1. The number of aliphatic hydroxyl groups is 1. The number of aliphatic hydroxyl groups excluding tert-OH is 1. The van der Waals surface area contributed by atoms with E-state index in [0.717, 1.165) is 16.2 Å². The average Bonchev–Trinajstić information content (AvgIpc) is 3.34. The molecule has 1 atom stereocenters. The van der Waals surface area contributed by atoms with Crippen LogP contribution in [0.4, 0.5) is 10.8 Å². The van der Waals surface area contributed by atoms with Crippen molar-refractivity contribution in [2.24, 2.45) is 0 Å². The smallest absolute Gasteiger partial charge is 0.301 e. The van der Waals surface area contributed by atoms with Crippen LogP contribution in [0.3, 0.4) is 0 Å². The predicted octanol–water partition coefficient (Wildman–Crippen LogP) is 4.17. The molecule has 2 aromatic carbocycles. The summed E-state index contributed by atoms with van der Waals surface area (Å²) in [5.41, 5.74) is 0.156. The van der Waals surface area contributed by atoms with E-state index in [4.69, 9.17) is 4.74 Å². The third kappa shape index (κ3) is 4.25. The van der Waals surface area contributed by atoms with Crippen molar-refractivity contribution in [2.75, 3.05) is 4.90 Å². The lowest BCUT2D eigenvalue weighted by Crippen LogP contribution is -2.29. The molecule has 1 aromatic heterocycles. The number of aryl methyl sites for hydroxylation is 1. The topological polar surface area (TPSA) is 136 Å². The first-order valence-electron chi connectivity index (χ1n) is 10.3. The Labute approximate surface area is 198 Å². The summed E-state index contributed by atoms with van der Waals surface area (Å²) in [6.45, 7) is 5.45. The molecular formula is C23H20N4O6S. The molecule has 1 aliphatic rings. The van der Waals surface area contributed by atoms with Crippen molar-refractivity contribution in [2.45, 2.75) is 32.9 Å². The number of nitro benzene ring substituents is 1. The zero-order chi connectivity index (χ0) is 24.6. The molecule has 1 saturated heterocycles. The fourth-order valence-corrected chi connectivity index (χ4v) is 4.37. The second kappa shape index (κ2) is 9.02. The van der Waals surface area contributed by atoms with E-state index in [2.05, 4.69) is 10.2 Å². The minimum atomic E-state index is -1.13. The summed E-state index contributed by atoms with van der Waals surface area (Å²) in [7, 11) is 0. The molecule has 34 heavy (non-hydrogen) atoms. The number of benzene rings is 2. The van der Waals surface area contributed by atoms with Gasteiger partial charge in [-0.2, -0.15) is 0 Å². The fraction of sp³-hybridized carbons (Fsp3) is 0.217. The van der Waals surface area contributed by atoms with Crippen molar-refractivity contribution in [1.82, 2.24) is 10.2 Å². The Kier molecular flexibility index (Phi) is 6.12. The van der Waals surface area contributed by atoms with Crippen molar-refractivity contribution in [3.8, 4) is 5.75 Å². The monoisotopic (exact) mass is 480 g/mol. The first-order valence-corrected chi connectivity index (χ1v) is 11.1. The largest absolute Gasteiger partial charge is 0.507 e. The molecule has 10 nitrogen and oxygen atoms in total. The Morgan fingerprint density at radius 1 is 1.18 bits per heavy atom. The van der Waals surface area contributed by atoms with Crippen LogP contribution < -0.4 is 9.64 Å². The van der Waals surface area contributed by atoms with E-state index >= 15 is 0 Å². The van der Waals surface area contributed by atoms with Crippen LogP contribution >= 0.6 is 11.3 Å². The number of non-ortho nitro benzene ring substituents is 1. The number of nitro groups is 1. The Bertz CT molecular complexity index is 1320. The minimum Gasteiger partial charge on any atom is -0.507 e. The van der Waals surface area contributed by atoms with E-state index in [1.807, 2.05) is 13.8 Å². The predicted molar refractivity (Wildman–Crippen MR) is 125 cm³/mol. The van der Waals surface area contributed by atoms with Crippen LogP contribution in [0.25, 0.3) is 5.76 Å². The highest BCUT2D eigenvalue weighted by Gasteiger charge is 2.48. The van der Waals surface area contributed by atoms with Gasteiger partial charge in [-0.3, -0.25) is 24.6 Å². The second-order valence-electron chi connectivity index (χ2n) is 7.82. The maximum atomic E-state index is 13.1. The molecule has 1 amide bonds. The van der Waals surface area contributed by atoms with E-state index in [1.54, 1.807) is 37.3 Å². The fourth-order valence-electron chi connectivity index (χ4n) is 3.66. The molecule has 0 saturated carbocycles. The Balaban J connectivity index is 1.88. The number of aromatic nitrogens is 2. The molecule has 0 aliphatic carbocycles. The second-order valence-corrected chi connectivity index (χ2v) is 8.98. The first kappa shape index (κ1) is 23.1. The van der Waals surface area contributed by atoms with E-state index in [9.17, 15) is 24.8 Å². The van der Waals surface area contributed by atoms with Gasteiger partial charge in [0.1, 0.15) is 16.5 Å². The number of carbonyl (C=O) groups is 2. The van der Waals surface area contributed by atoms with E-state index in [1.165, 1.54) is 18.2 Å². The summed E-state index contributed by atoms with van der Waals surface area (Å²) in [6.07, 6.45) is -0.0472. The van der Waals surface area contributed by atoms with Gasteiger partial charge in [-0.05, 0) is 50.6 Å². The van der Waals surface area contributed by atoms with E-state index in [-0.39, 0.29) is 33.6 Å². The molecule has 0 spiro atoms. The van der Waals surface area contributed by atoms with Crippen molar-refractivity contribution < 1.29 is 24.4 Å². The number of hydrogen-bond acceptors (Lipinski definition) is 9. The highest BCUT2D eigenvalue weighted by atomic mass is 32.1. The average molecular weight is 481 g/mol. The molecule has 1 N–H and O–H groups in total. The zero-order valence-electron chi connectivity index (χ0n) is 18.5. The molecule has 1 aliphatic heterocycles. The summed E-state index contributed by atoms with van der Waals surface area (Å²) in [5, 5.41) is 31.1. The number of carbonyl (C=O) groups excluding carboxylic acids is 2. The summed E-state index contributed by atoms with van der Waals surface area (Å²) >= 11 is 1.09. The summed E-state index contributed by atoms with van der Waals surface area (Å²) in [4.78, 5) is 38.1. The van der Waals surface area contributed by atoms with Gasteiger partial charge in [0.25, 0.3) is 11.5 Å². The van der Waals surface area contributed by atoms with Crippen molar-refractivity contribution in [3.05, 3.63) is 80.4 Å². The zero-order valence-corrected chi connectivity index (χ0v) is 19.3. The number of ketones is 1. The lowest BCUT2D eigenvalue weighted by atomic mass is 9.95. The highest BCUT2D eigenvalue weighted by Crippen LogP contribution is 2.43. The SMILES string of the molecule is Cc1nnc(N2C(=O)C(=O)C(=C(O)c3ccc(OC(C)C)cc3)[C@H]2c2cccc([N+](=O)[O-])c2)s1. The van der Waals surface area contributed by atoms with Crippen LogP contribution in [-0.2, 0) is 9.59 Å². The van der Waals surface area contributed by atoms with Gasteiger partial charge in [0.05, 0.1) is 22.6 Å². The minimum absolute atomic E-state index is 0.0472. The van der Waals surface area contributed by atoms with Gasteiger partial charge in [0, 0.05) is 17.7 Å². The van der Waals surface area contributed by atoms with Crippen LogP contribution in [-0.4, -0.2) is 38.0 Å². The quantitative estimate of drug-likeness (QED) is 0.183. The van der Waals surface area contributed by atoms with Crippen molar-refractivity contribution in [1.29, 1.82) is 0 Å². The standard InChI is InChI=1S/C23H20N4O6S/c1-12(2)33-17-9-7-14(8-10-17)20(28)18-19(15-5-4-6-16(11-15)27(31)32)26(22(30)21(18)29)23-25-24-13(3)34-23/h4-12,19,28H,1-3H3/t19-/m1/s1. The molecule has 3 aromatic rings. The molecule has 4 rings (SSSR count). The van der Waals surface area contributed by atoms with Crippen LogP contribution in [0.5, 0.6) is 5.75 Å². The third-order valence-corrected chi connectivity index (χ3v) is 5.90. The number of nitrogens with zero attached hydrogens (tertiary/aromatic N) is 4. The summed E-state index contributed by atoms with van der Waals surface area (Å²) < 4.78 is 5.61. The van der Waals surface area contributed by atoms with Crippen LogP contribution in [0.2, 0.25) is 0 Å². The molecule has 11 heteroatoms. The molecule has 174 valence electrons. The van der Waals surface area contributed by atoms with Crippen molar-refractivity contribution in [3.63, 3.8) is 0 Å². The molecule has 0 bridgehead atoms. The normalized spacial score (nSPS) is 17.4. The van der Waals surface area contributed by atoms with Gasteiger partial charge < -0.3 is 9.84 Å². The van der Waals surface area contributed by atoms with Gasteiger partial charge >= 0.3 is 5.91 Å². The molecule has 2 heterocycles. The number of Topliss-reactive ketones (excluding diaryl/α,β-unsaturated/α-hetero) is 1. The Morgan fingerprint density at radius 2 is 1.88 bits per heavy atom. The number of ether oxygens (including phenoxy) is 1. The lowest BCUT2D eigenvalue weighted by Gasteiger charge is -2.22. The van der Waals surface area contributed by atoms with E-state index in [0.29, 0.717) is 10.8 Å². The summed E-state index contributed by atoms with van der Waals surface area (Å²) in [6, 6.07) is 10.9. The number of anilines is 1. The third-order valence-electron chi connectivity index (χ3n) is 5.06. The van der Waals surface area contributed by atoms with Gasteiger partial charge in [-0.15, -0.1) is 10.2 Å². The van der Waals surface area contributed by atoms with Gasteiger partial charge in [0.2, 0.25) is 5.13 Å². The lowest BCUT2D eigenvalue weighted by molar-refractivity contribution is -0.384. The molecule has 0 radical (unpaired) electrons. The molecule has 1 fully saturated rings. The number of hydrogen-bond donors (Lipinski definition) is 1. The highest BCUT2D eigenvalue weighted by molar-refractivity contribution is 7.15. The van der Waals surface area contributed by atoms with Gasteiger partial charge in [-0.25, -0.2) is 0 Å².